The lowest BCUT2D eigenvalue weighted by atomic mass is 10.1. The topological polar surface area (TPSA) is 125 Å². The van der Waals surface area contributed by atoms with Crippen molar-refractivity contribution in [2.75, 3.05) is 18.5 Å². The molecule has 4 rings (SSSR count). The first-order valence-corrected chi connectivity index (χ1v) is 11.7. The van der Waals surface area contributed by atoms with Gasteiger partial charge in [0.05, 0.1) is 0 Å². The molecule has 1 saturated heterocycles. The van der Waals surface area contributed by atoms with Crippen LogP contribution < -0.4 is 21.3 Å². The molecule has 3 atom stereocenters. The van der Waals surface area contributed by atoms with Crippen molar-refractivity contribution >= 4 is 35.2 Å². The first-order chi connectivity index (χ1) is 16.4. The Labute approximate surface area is 202 Å². The van der Waals surface area contributed by atoms with Gasteiger partial charge in [0, 0.05) is 36.1 Å². The van der Waals surface area contributed by atoms with Crippen molar-refractivity contribution in [3.05, 3.63) is 90.0 Å². The predicted molar refractivity (Wildman–Crippen MR) is 135 cm³/mol. The van der Waals surface area contributed by atoms with Crippen molar-refractivity contribution in [3.8, 4) is 0 Å². The number of carbonyl (C=O) groups is 3. The van der Waals surface area contributed by atoms with Crippen LogP contribution in [0.4, 0.5) is 5.69 Å². The van der Waals surface area contributed by atoms with Crippen LogP contribution in [0.15, 0.2) is 78.9 Å². The van der Waals surface area contributed by atoms with E-state index < -0.39 is 12.5 Å². The molecular formula is C25H28N4O4S. The molecule has 2 aromatic rings. The first kappa shape index (κ1) is 25.2. The standard InChI is InChI=1S/C16H16N2O3.C9H12N2OS/c17-10-12-5-4-8-14(9-12)18(11-15(19)20)16(21)13-6-2-1-3-7-13;1-10-8(12)9-11-6-4-2-3-5-7(6)13-9/h1-9H,10-11,17H2,(H,19,20);2-7,9,11H,1H3,(H,10,12). The van der Waals surface area contributed by atoms with Crippen LogP contribution in [0.3, 0.4) is 0 Å². The summed E-state index contributed by atoms with van der Waals surface area (Å²) in [6.07, 6.45) is 8.27. The van der Waals surface area contributed by atoms with Crippen LogP contribution in [-0.2, 0) is 16.1 Å². The molecule has 0 aromatic heterocycles. The van der Waals surface area contributed by atoms with Gasteiger partial charge >= 0.3 is 5.97 Å². The first-order valence-electron chi connectivity index (χ1n) is 10.8. The molecule has 2 aliphatic rings. The average Bonchev–Trinajstić information content (AvgIpc) is 3.32. The van der Waals surface area contributed by atoms with Gasteiger partial charge in [0.2, 0.25) is 5.91 Å². The molecule has 0 radical (unpaired) electrons. The average molecular weight is 481 g/mol. The highest BCUT2D eigenvalue weighted by Crippen LogP contribution is 2.30. The Bertz CT molecular complexity index is 1050. The van der Waals surface area contributed by atoms with E-state index in [9.17, 15) is 14.4 Å². The molecule has 1 aliphatic carbocycles. The zero-order valence-corrected chi connectivity index (χ0v) is 19.6. The lowest BCUT2D eigenvalue weighted by molar-refractivity contribution is -0.135. The summed E-state index contributed by atoms with van der Waals surface area (Å²) in [7, 11) is 1.66. The van der Waals surface area contributed by atoms with Gasteiger partial charge in [0.1, 0.15) is 11.9 Å². The molecule has 0 spiro atoms. The molecule has 1 aliphatic heterocycles. The number of nitrogens with two attached hydrogens (primary N) is 1. The number of hydrogen-bond acceptors (Lipinski definition) is 6. The normalized spacial score (nSPS) is 20.0. The molecule has 0 saturated carbocycles. The van der Waals surface area contributed by atoms with E-state index in [0.717, 1.165) is 5.56 Å². The van der Waals surface area contributed by atoms with Crippen molar-refractivity contribution in [1.82, 2.24) is 10.6 Å². The number of nitrogens with one attached hydrogen (secondary N) is 2. The Hall–Kier alpha value is -3.40. The number of amides is 2. The highest BCUT2D eigenvalue weighted by atomic mass is 32.2. The van der Waals surface area contributed by atoms with E-state index in [1.165, 1.54) is 4.90 Å². The highest BCUT2D eigenvalue weighted by Gasteiger charge is 2.35. The monoisotopic (exact) mass is 480 g/mol. The maximum Gasteiger partial charge on any atom is 0.323 e. The van der Waals surface area contributed by atoms with Crippen LogP contribution in [0.25, 0.3) is 0 Å². The van der Waals surface area contributed by atoms with Gasteiger partial charge in [0.15, 0.2) is 0 Å². The van der Waals surface area contributed by atoms with E-state index in [1.807, 2.05) is 18.2 Å². The van der Waals surface area contributed by atoms with E-state index in [4.69, 9.17) is 10.8 Å². The summed E-state index contributed by atoms with van der Waals surface area (Å²) in [5.74, 6) is -1.37. The van der Waals surface area contributed by atoms with E-state index in [-0.39, 0.29) is 17.2 Å². The summed E-state index contributed by atoms with van der Waals surface area (Å²) in [5, 5.41) is 15.3. The van der Waals surface area contributed by atoms with Gasteiger partial charge in [-0.1, -0.05) is 54.6 Å². The number of benzene rings is 2. The van der Waals surface area contributed by atoms with Gasteiger partial charge in [0.25, 0.3) is 5.91 Å². The number of carboxylic acids is 1. The number of aliphatic carboxylic acids is 1. The molecule has 1 fully saturated rings. The fraction of sp³-hybridized carbons (Fsp3) is 0.240. The molecule has 2 aromatic carbocycles. The van der Waals surface area contributed by atoms with Gasteiger partial charge in [-0.15, -0.1) is 11.8 Å². The molecule has 5 N–H and O–H groups in total. The Morgan fingerprint density at radius 2 is 1.82 bits per heavy atom. The maximum atomic E-state index is 12.5. The smallest absolute Gasteiger partial charge is 0.323 e. The minimum Gasteiger partial charge on any atom is -0.480 e. The summed E-state index contributed by atoms with van der Waals surface area (Å²) >= 11 is 1.67. The van der Waals surface area contributed by atoms with Crippen LogP contribution in [0.2, 0.25) is 0 Å². The maximum absolute atomic E-state index is 12.5. The number of fused-ring (bicyclic) bond motifs is 1. The molecule has 9 heteroatoms. The number of nitrogens with zero attached hydrogens (tertiary/aromatic N) is 1. The van der Waals surface area contributed by atoms with Gasteiger partial charge in [-0.25, -0.2) is 0 Å². The predicted octanol–water partition coefficient (Wildman–Crippen LogP) is 2.13. The zero-order valence-electron chi connectivity index (χ0n) is 18.8. The van der Waals surface area contributed by atoms with Crippen molar-refractivity contribution in [3.63, 3.8) is 0 Å². The largest absolute Gasteiger partial charge is 0.480 e. The van der Waals surface area contributed by atoms with Crippen LogP contribution in [0.1, 0.15) is 15.9 Å². The Morgan fingerprint density at radius 3 is 2.47 bits per heavy atom. The summed E-state index contributed by atoms with van der Waals surface area (Å²) in [6.45, 7) is -0.0734. The van der Waals surface area contributed by atoms with Crippen LogP contribution >= 0.6 is 11.8 Å². The van der Waals surface area contributed by atoms with Gasteiger partial charge in [-0.2, -0.15) is 0 Å². The van der Waals surface area contributed by atoms with Crippen molar-refractivity contribution in [2.45, 2.75) is 23.2 Å². The molecule has 3 unspecified atom stereocenters. The van der Waals surface area contributed by atoms with E-state index in [0.29, 0.717) is 29.1 Å². The van der Waals surface area contributed by atoms with Crippen LogP contribution in [0.5, 0.6) is 0 Å². The zero-order chi connectivity index (χ0) is 24.5. The lowest BCUT2D eigenvalue weighted by Gasteiger charge is -2.21. The summed E-state index contributed by atoms with van der Waals surface area (Å²) in [5.41, 5.74) is 7.39. The highest BCUT2D eigenvalue weighted by molar-refractivity contribution is 8.01. The molecule has 8 nitrogen and oxygen atoms in total. The van der Waals surface area contributed by atoms with Crippen LogP contribution in [0, 0.1) is 0 Å². The third-order valence-electron chi connectivity index (χ3n) is 5.22. The Balaban J connectivity index is 0.000000212. The number of likely N-dealkylation sites (N-methyl/N-ethyl adjacent to an activating group) is 1. The van der Waals surface area contributed by atoms with Gasteiger partial charge in [-0.3, -0.25) is 24.6 Å². The minimum absolute atomic E-state index is 0.0567. The number of rotatable bonds is 6. The second-order valence-corrected chi connectivity index (χ2v) is 8.87. The number of carboxylic acid groups (broad SMARTS) is 1. The molecular weight excluding hydrogens is 452 g/mol. The molecule has 1 heterocycles. The molecule has 0 bridgehead atoms. The second-order valence-electron chi connectivity index (χ2n) is 7.58. The summed E-state index contributed by atoms with van der Waals surface area (Å²) in [6, 6.07) is 15.9. The molecule has 34 heavy (non-hydrogen) atoms. The molecule has 2 amide bonds. The number of anilines is 1. The lowest BCUT2D eigenvalue weighted by Crippen LogP contribution is -2.40. The van der Waals surface area contributed by atoms with Crippen molar-refractivity contribution in [2.24, 2.45) is 5.73 Å². The third kappa shape index (κ3) is 6.57. The number of carbonyl (C=O) groups excluding carboxylic acids is 2. The second kappa shape index (κ2) is 12.2. The molecule has 178 valence electrons. The number of allylic oxidation sites excluding steroid dienone is 2. The number of hydrogen-bond donors (Lipinski definition) is 4. The van der Waals surface area contributed by atoms with Crippen molar-refractivity contribution in [1.29, 1.82) is 0 Å². The van der Waals surface area contributed by atoms with E-state index in [1.54, 1.807) is 67.3 Å². The summed E-state index contributed by atoms with van der Waals surface area (Å²) in [4.78, 5) is 36.1. The number of thioether (sulfide) groups is 1. The van der Waals surface area contributed by atoms with Crippen LogP contribution in [-0.4, -0.2) is 53.1 Å². The fourth-order valence-corrected chi connectivity index (χ4v) is 4.82. The third-order valence-corrected chi connectivity index (χ3v) is 6.61. The fourth-order valence-electron chi connectivity index (χ4n) is 3.51. The van der Waals surface area contributed by atoms with Gasteiger partial charge < -0.3 is 16.2 Å². The quantitative estimate of drug-likeness (QED) is 0.499. The summed E-state index contributed by atoms with van der Waals surface area (Å²) < 4.78 is 0. The minimum atomic E-state index is -1.07. The SMILES string of the molecule is CNC(=O)C1NC2C=CC=CC2S1.NCc1cccc(N(CC(=O)O)C(=O)c2ccccc2)c1. The Kier molecular flexibility index (Phi) is 9.03. The van der Waals surface area contributed by atoms with Crippen molar-refractivity contribution < 1.29 is 19.5 Å². The van der Waals surface area contributed by atoms with E-state index in [2.05, 4.69) is 22.8 Å². The van der Waals surface area contributed by atoms with Gasteiger partial charge in [-0.05, 0) is 29.8 Å². The van der Waals surface area contributed by atoms with E-state index >= 15 is 0 Å². The Morgan fingerprint density at radius 1 is 1.09 bits per heavy atom.